The largest absolute Gasteiger partial charge is 0.345 e. The first kappa shape index (κ1) is 13.1. The van der Waals surface area contributed by atoms with Gasteiger partial charge in [0.1, 0.15) is 0 Å². The Balaban J connectivity index is 2.10. The Kier molecular flexibility index (Phi) is 4.04. The molecule has 0 aliphatic heterocycles. The molecule has 0 saturated carbocycles. The van der Waals surface area contributed by atoms with Crippen molar-refractivity contribution in [1.82, 2.24) is 15.5 Å². The number of aromatic amines is 1. The van der Waals surface area contributed by atoms with Crippen LogP contribution in [0.15, 0.2) is 35.1 Å². The molecule has 0 saturated heterocycles. The molecule has 1 heterocycles. The fraction of sp³-hybridized carbons (Fsp3) is 0.167. The van der Waals surface area contributed by atoms with Crippen molar-refractivity contribution in [3.63, 3.8) is 0 Å². The Labute approximate surface area is 118 Å². The molecule has 0 aliphatic rings. The van der Waals surface area contributed by atoms with Gasteiger partial charge in [-0.25, -0.2) is 0 Å². The summed E-state index contributed by atoms with van der Waals surface area (Å²) in [4.78, 5) is 12.0. The number of halogens is 2. The van der Waals surface area contributed by atoms with E-state index < -0.39 is 0 Å². The number of hydrogen-bond donors (Lipinski definition) is 2. The van der Waals surface area contributed by atoms with Gasteiger partial charge in [-0.15, -0.1) is 0 Å². The number of nitrogens with zero attached hydrogens (tertiary/aromatic N) is 1. The van der Waals surface area contributed by atoms with E-state index in [1.54, 1.807) is 30.6 Å². The quantitative estimate of drug-likeness (QED) is 0.908. The van der Waals surface area contributed by atoms with Crippen molar-refractivity contribution in [3.8, 4) is 0 Å². The second-order valence-corrected chi connectivity index (χ2v) is 5.12. The van der Waals surface area contributed by atoms with Crippen LogP contribution in [0.1, 0.15) is 28.9 Å². The molecule has 0 spiro atoms. The Morgan fingerprint density at radius 3 is 2.94 bits per heavy atom. The van der Waals surface area contributed by atoms with Crippen LogP contribution < -0.4 is 5.32 Å². The lowest BCUT2D eigenvalue weighted by Crippen LogP contribution is -2.26. The van der Waals surface area contributed by atoms with Crippen LogP contribution in [0.3, 0.4) is 0 Å². The van der Waals surface area contributed by atoms with Crippen LogP contribution in [-0.4, -0.2) is 16.1 Å². The van der Waals surface area contributed by atoms with Crippen molar-refractivity contribution in [1.29, 1.82) is 0 Å². The van der Waals surface area contributed by atoms with Crippen LogP contribution >= 0.6 is 27.5 Å². The minimum absolute atomic E-state index is 0.106. The predicted octanol–water partition coefficient (Wildman–Crippen LogP) is 3.32. The summed E-state index contributed by atoms with van der Waals surface area (Å²) in [6.45, 7) is 1.90. The molecule has 2 aromatic rings. The van der Waals surface area contributed by atoms with E-state index in [2.05, 4.69) is 31.4 Å². The highest BCUT2D eigenvalue weighted by Crippen LogP contribution is 2.23. The lowest BCUT2D eigenvalue weighted by molar-refractivity contribution is 0.0940. The number of amides is 1. The van der Waals surface area contributed by atoms with Gasteiger partial charge in [-0.1, -0.05) is 11.6 Å². The van der Waals surface area contributed by atoms with E-state index in [-0.39, 0.29) is 11.9 Å². The van der Waals surface area contributed by atoms with Gasteiger partial charge in [0.05, 0.1) is 17.3 Å². The zero-order chi connectivity index (χ0) is 13.1. The Hall–Kier alpha value is -1.33. The van der Waals surface area contributed by atoms with Gasteiger partial charge in [-0.2, -0.15) is 5.10 Å². The fourth-order valence-electron chi connectivity index (χ4n) is 1.50. The van der Waals surface area contributed by atoms with E-state index in [4.69, 9.17) is 11.6 Å². The molecule has 94 valence electrons. The number of rotatable bonds is 3. The van der Waals surface area contributed by atoms with Gasteiger partial charge in [0.25, 0.3) is 5.91 Å². The molecule has 1 atom stereocenters. The van der Waals surface area contributed by atoms with Gasteiger partial charge < -0.3 is 5.32 Å². The first-order valence-electron chi connectivity index (χ1n) is 5.32. The number of carbonyl (C=O) groups is 1. The topological polar surface area (TPSA) is 57.8 Å². The minimum atomic E-state index is -0.152. The molecule has 1 aromatic carbocycles. The maximum Gasteiger partial charge on any atom is 0.251 e. The molecule has 0 fully saturated rings. The van der Waals surface area contributed by atoms with Gasteiger partial charge in [0.2, 0.25) is 0 Å². The second-order valence-electron chi connectivity index (χ2n) is 3.86. The normalized spacial score (nSPS) is 12.2. The highest BCUT2D eigenvalue weighted by Gasteiger charge is 2.13. The second kappa shape index (κ2) is 5.54. The summed E-state index contributed by atoms with van der Waals surface area (Å²) in [7, 11) is 0. The van der Waals surface area contributed by atoms with Crippen LogP contribution in [0.25, 0.3) is 0 Å². The van der Waals surface area contributed by atoms with E-state index in [0.717, 1.165) is 5.56 Å². The van der Waals surface area contributed by atoms with E-state index in [1.807, 2.05) is 6.92 Å². The number of carbonyl (C=O) groups excluding carboxylic acids is 1. The average molecular weight is 329 g/mol. The van der Waals surface area contributed by atoms with E-state index in [9.17, 15) is 4.79 Å². The van der Waals surface area contributed by atoms with Crippen molar-refractivity contribution in [3.05, 3.63) is 51.2 Å². The zero-order valence-corrected chi connectivity index (χ0v) is 11.9. The molecule has 1 unspecified atom stereocenters. The first-order chi connectivity index (χ1) is 8.58. The summed E-state index contributed by atoms with van der Waals surface area (Å²) in [5, 5.41) is 10.0. The molecule has 1 amide bonds. The smallest absolute Gasteiger partial charge is 0.251 e. The molecular weight excluding hydrogens is 318 g/mol. The van der Waals surface area contributed by atoms with Crippen LogP contribution in [0.5, 0.6) is 0 Å². The van der Waals surface area contributed by atoms with E-state index >= 15 is 0 Å². The molecule has 2 N–H and O–H groups in total. The summed E-state index contributed by atoms with van der Waals surface area (Å²) in [5.74, 6) is -0.152. The van der Waals surface area contributed by atoms with Gasteiger partial charge in [-0.3, -0.25) is 9.89 Å². The number of aromatic nitrogens is 2. The van der Waals surface area contributed by atoms with E-state index in [0.29, 0.717) is 15.1 Å². The zero-order valence-electron chi connectivity index (χ0n) is 9.58. The number of hydrogen-bond acceptors (Lipinski definition) is 2. The molecule has 2 rings (SSSR count). The third kappa shape index (κ3) is 2.91. The van der Waals surface area contributed by atoms with Crippen molar-refractivity contribution in [2.24, 2.45) is 0 Å². The summed E-state index contributed by atoms with van der Waals surface area (Å²) in [6, 6.07) is 4.96. The van der Waals surface area contributed by atoms with Crippen molar-refractivity contribution in [2.75, 3.05) is 0 Å². The number of benzene rings is 1. The van der Waals surface area contributed by atoms with Crippen LogP contribution in [-0.2, 0) is 0 Å². The predicted molar refractivity (Wildman–Crippen MR) is 73.6 cm³/mol. The summed E-state index contributed by atoms with van der Waals surface area (Å²) in [5.41, 5.74) is 1.48. The molecule has 0 radical (unpaired) electrons. The maximum absolute atomic E-state index is 12.0. The molecule has 0 bridgehead atoms. The minimum Gasteiger partial charge on any atom is -0.345 e. The van der Waals surface area contributed by atoms with Crippen LogP contribution in [0, 0.1) is 0 Å². The van der Waals surface area contributed by atoms with Gasteiger partial charge >= 0.3 is 0 Å². The van der Waals surface area contributed by atoms with Gasteiger partial charge in [0, 0.05) is 21.8 Å². The molecule has 4 nitrogen and oxygen atoms in total. The first-order valence-corrected chi connectivity index (χ1v) is 6.49. The third-order valence-corrected chi connectivity index (χ3v) is 3.76. The molecule has 0 aliphatic carbocycles. The van der Waals surface area contributed by atoms with Crippen molar-refractivity contribution < 1.29 is 4.79 Å². The Morgan fingerprint density at radius 1 is 1.56 bits per heavy atom. The van der Waals surface area contributed by atoms with Crippen LogP contribution in [0.4, 0.5) is 0 Å². The van der Waals surface area contributed by atoms with Crippen molar-refractivity contribution >= 4 is 33.4 Å². The fourth-order valence-corrected chi connectivity index (χ4v) is 1.99. The van der Waals surface area contributed by atoms with E-state index in [1.165, 1.54) is 0 Å². The van der Waals surface area contributed by atoms with Crippen molar-refractivity contribution in [2.45, 2.75) is 13.0 Å². The number of nitrogens with one attached hydrogen (secondary N) is 2. The molecule has 1 aromatic heterocycles. The lowest BCUT2D eigenvalue weighted by Gasteiger charge is -2.12. The standard InChI is InChI=1S/C12H11BrClN3O/c1-7(9-5-15-16-6-9)17-12(18)8-2-3-11(14)10(13)4-8/h2-7H,1H3,(H,15,16)(H,17,18). The van der Waals surface area contributed by atoms with Gasteiger partial charge in [0.15, 0.2) is 0 Å². The summed E-state index contributed by atoms with van der Waals surface area (Å²) in [6.07, 6.45) is 3.44. The Morgan fingerprint density at radius 2 is 2.33 bits per heavy atom. The number of H-pyrrole nitrogens is 1. The highest BCUT2D eigenvalue weighted by atomic mass is 79.9. The van der Waals surface area contributed by atoms with Gasteiger partial charge in [-0.05, 0) is 41.1 Å². The van der Waals surface area contributed by atoms with Crippen LogP contribution in [0.2, 0.25) is 5.02 Å². The monoisotopic (exact) mass is 327 g/mol. The molecule has 18 heavy (non-hydrogen) atoms. The summed E-state index contributed by atoms with van der Waals surface area (Å²) >= 11 is 9.17. The summed E-state index contributed by atoms with van der Waals surface area (Å²) < 4.78 is 0.702. The highest BCUT2D eigenvalue weighted by molar-refractivity contribution is 9.10. The Bertz CT molecular complexity index is 556. The molecule has 6 heteroatoms. The third-order valence-electron chi connectivity index (χ3n) is 2.55. The molecular formula is C12H11BrClN3O. The average Bonchev–Trinajstić information content (AvgIpc) is 2.86. The maximum atomic E-state index is 12.0. The SMILES string of the molecule is CC(NC(=O)c1ccc(Cl)c(Br)c1)c1cn[nH]c1. The lowest BCUT2D eigenvalue weighted by atomic mass is 10.1.